The second-order valence-corrected chi connectivity index (χ2v) is 5.91. The van der Waals surface area contributed by atoms with Crippen molar-refractivity contribution in [2.45, 2.75) is 38.3 Å². The zero-order valence-corrected chi connectivity index (χ0v) is 12.3. The zero-order chi connectivity index (χ0) is 14.8. The lowest BCUT2D eigenvalue weighted by atomic mass is 10.0. The summed E-state index contributed by atoms with van der Waals surface area (Å²) in [7, 11) is 0. The van der Waals surface area contributed by atoms with E-state index in [1.165, 1.54) is 0 Å². The van der Waals surface area contributed by atoms with E-state index in [0.717, 1.165) is 35.7 Å². The van der Waals surface area contributed by atoms with E-state index in [1.807, 2.05) is 47.4 Å². The molecule has 1 heterocycles. The molecule has 1 aliphatic heterocycles. The standard InChI is InChI=1S/C18H21NO2/c1-13(20)12-15-8-5-11-19(15)18(21)17-10-4-7-14-6-2-3-9-16(14)17/h2-4,6-7,9-10,13,15,20H,5,8,11-12H2,1H3. The molecule has 1 N–H and O–H groups in total. The molecule has 2 aromatic rings. The summed E-state index contributed by atoms with van der Waals surface area (Å²) in [6.45, 7) is 2.58. The van der Waals surface area contributed by atoms with Crippen LogP contribution in [0.25, 0.3) is 10.8 Å². The number of benzene rings is 2. The van der Waals surface area contributed by atoms with E-state index in [4.69, 9.17) is 0 Å². The molecule has 0 spiro atoms. The molecule has 2 aromatic carbocycles. The molecule has 110 valence electrons. The van der Waals surface area contributed by atoms with Crippen molar-refractivity contribution >= 4 is 16.7 Å². The minimum atomic E-state index is -0.365. The topological polar surface area (TPSA) is 40.5 Å². The van der Waals surface area contributed by atoms with Crippen LogP contribution in [0.2, 0.25) is 0 Å². The third-order valence-corrected chi connectivity index (χ3v) is 4.27. The number of nitrogens with zero attached hydrogens (tertiary/aromatic N) is 1. The first-order valence-corrected chi connectivity index (χ1v) is 7.63. The molecule has 21 heavy (non-hydrogen) atoms. The molecule has 2 atom stereocenters. The van der Waals surface area contributed by atoms with Gasteiger partial charge in [-0.3, -0.25) is 4.79 Å². The van der Waals surface area contributed by atoms with E-state index < -0.39 is 0 Å². The van der Waals surface area contributed by atoms with Crippen molar-refractivity contribution in [3.8, 4) is 0 Å². The Morgan fingerprint density at radius 3 is 2.86 bits per heavy atom. The highest BCUT2D eigenvalue weighted by atomic mass is 16.3. The quantitative estimate of drug-likeness (QED) is 0.939. The highest BCUT2D eigenvalue weighted by Gasteiger charge is 2.30. The van der Waals surface area contributed by atoms with Gasteiger partial charge in [0.2, 0.25) is 0 Å². The highest BCUT2D eigenvalue weighted by molar-refractivity contribution is 6.07. The van der Waals surface area contributed by atoms with Crippen LogP contribution in [-0.4, -0.2) is 34.6 Å². The number of carbonyl (C=O) groups is 1. The van der Waals surface area contributed by atoms with Crippen molar-refractivity contribution in [3.05, 3.63) is 48.0 Å². The maximum Gasteiger partial charge on any atom is 0.254 e. The van der Waals surface area contributed by atoms with Gasteiger partial charge in [0.05, 0.1) is 6.10 Å². The predicted octanol–water partition coefficient (Wildman–Crippen LogP) is 3.22. The molecule has 1 saturated heterocycles. The number of fused-ring (bicyclic) bond motifs is 1. The first-order valence-electron chi connectivity index (χ1n) is 7.63. The third-order valence-electron chi connectivity index (χ3n) is 4.27. The van der Waals surface area contributed by atoms with Crippen LogP contribution in [0.4, 0.5) is 0 Å². The molecule has 1 fully saturated rings. The number of amides is 1. The molecule has 1 amide bonds. The first-order chi connectivity index (χ1) is 10.2. The molecule has 3 nitrogen and oxygen atoms in total. The summed E-state index contributed by atoms with van der Waals surface area (Å²) in [5.74, 6) is 0.0925. The molecule has 0 aliphatic carbocycles. The summed E-state index contributed by atoms with van der Waals surface area (Å²) in [6, 6.07) is 14.0. The normalized spacial score (nSPS) is 19.9. The fourth-order valence-electron chi connectivity index (χ4n) is 3.31. The minimum absolute atomic E-state index is 0.0925. The number of hydrogen-bond acceptors (Lipinski definition) is 2. The summed E-state index contributed by atoms with van der Waals surface area (Å²) >= 11 is 0. The number of hydrogen-bond donors (Lipinski definition) is 1. The van der Waals surface area contributed by atoms with Gasteiger partial charge in [0.1, 0.15) is 0 Å². The summed E-state index contributed by atoms with van der Waals surface area (Å²) in [5.41, 5.74) is 0.769. The fourth-order valence-corrected chi connectivity index (χ4v) is 3.31. The number of rotatable bonds is 3. The molecular weight excluding hydrogens is 262 g/mol. The Labute approximate surface area is 125 Å². The smallest absolute Gasteiger partial charge is 0.254 e. The lowest BCUT2D eigenvalue weighted by molar-refractivity contribution is 0.0684. The molecule has 0 radical (unpaired) electrons. The van der Waals surface area contributed by atoms with E-state index in [9.17, 15) is 9.90 Å². The average molecular weight is 283 g/mol. The molecule has 3 heteroatoms. The molecule has 0 bridgehead atoms. The number of likely N-dealkylation sites (tertiary alicyclic amines) is 1. The van der Waals surface area contributed by atoms with Crippen LogP contribution in [0.5, 0.6) is 0 Å². The SMILES string of the molecule is CC(O)CC1CCCN1C(=O)c1cccc2ccccc12. The van der Waals surface area contributed by atoms with E-state index in [-0.39, 0.29) is 18.1 Å². The largest absolute Gasteiger partial charge is 0.393 e. The van der Waals surface area contributed by atoms with Crippen molar-refractivity contribution in [2.75, 3.05) is 6.54 Å². The van der Waals surface area contributed by atoms with Crippen molar-refractivity contribution in [1.29, 1.82) is 0 Å². The minimum Gasteiger partial charge on any atom is -0.393 e. The van der Waals surface area contributed by atoms with Gasteiger partial charge in [-0.2, -0.15) is 0 Å². The predicted molar refractivity (Wildman–Crippen MR) is 84.3 cm³/mol. The van der Waals surface area contributed by atoms with Crippen molar-refractivity contribution in [1.82, 2.24) is 4.90 Å². The van der Waals surface area contributed by atoms with E-state index >= 15 is 0 Å². The van der Waals surface area contributed by atoms with Gasteiger partial charge in [0.25, 0.3) is 5.91 Å². The molecule has 0 aromatic heterocycles. The Balaban J connectivity index is 1.93. The van der Waals surface area contributed by atoms with Crippen LogP contribution in [0.15, 0.2) is 42.5 Å². The van der Waals surface area contributed by atoms with Crippen LogP contribution >= 0.6 is 0 Å². The van der Waals surface area contributed by atoms with Crippen LogP contribution in [-0.2, 0) is 0 Å². The van der Waals surface area contributed by atoms with E-state index in [1.54, 1.807) is 6.92 Å². The van der Waals surface area contributed by atoms with Crippen LogP contribution in [0.1, 0.15) is 36.5 Å². The molecule has 2 unspecified atom stereocenters. The third kappa shape index (κ3) is 2.79. The Morgan fingerprint density at radius 1 is 1.29 bits per heavy atom. The number of aliphatic hydroxyl groups is 1. The zero-order valence-electron chi connectivity index (χ0n) is 12.3. The lowest BCUT2D eigenvalue weighted by Gasteiger charge is -2.26. The number of carbonyl (C=O) groups excluding carboxylic acids is 1. The molecule has 1 aliphatic rings. The van der Waals surface area contributed by atoms with Gasteiger partial charge >= 0.3 is 0 Å². The van der Waals surface area contributed by atoms with Gasteiger partial charge in [0.15, 0.2) is 0 Å². The summed E-state index contributed by atoms with van der Waals surface area (Å²) in [6.07, 6.45) is 2.31. The molecule has 3 rings (SSSR count). The maximum absolute atomic E-state index is 12.9. The maximum atomic E-state index is 12.9. The summed E-state index contributed by atoms with van der Waals surface area (Å²) < 4.78 is 0. The van der Waals surface area contributed by atoms with Crippen LogP contribution in [0.3, 0.4) is 0 Å². The van der Waals surface area contributed by atoms with Crippen molar-refractivity contribution in [2.24, 2.45) is 0 Å². The Morgan fingerprint density at radius 2 is 2.05 bits per heavy atom. The van der Waals surface area contributed by atoms with E-state index in [0.29, 0.717) is 6.42 Å². The Bertz CT molecular complexity index is 645. The molecular formula is C18H21NO2. The van der Waals surface area contributed by atoms with Gasteiger partial charge < -0.3 is 10.0 Å². The monoisotopic (exact) mass is 283 g/mol. The Kier molecular flexibility index (Phi) is 3.93. The molecule has 0 saturated carbocycles. The Hall–Kier alpha value is -1.87. The second kappa shape index (κ2) is 5.86. The average Bonchev–Trinajstić information content (AvgIpc) is 2.93. The fraction of sp³-hybridized carbons (Fsp3) is 0.389. The second-order valence-electron chi connectivity index (χ2n) is 5.91. The van der Waals surface area contributed by atoms with Crippen LogP contribution < -0.4 is 0 Å². The van der Waals surface area contributed by atoms with Crippen LogP contribution in [0, 0.1) is 0 Å². The first kappa shape index (κ1) is 14.1. The van der Waals surface area contributed by atoms with E-state index in [2.05, 4.69) is 0 Å². The summed E-state index contributed by atoms with van der Waals surface area (Å²) in [4.78, 5) is 14.8. The van der Waals surface area contributed by atoms with Gasteiger partial charge in [0, 0.05) is 18.2 Å². The van der Waals surface area contributed by atoms with Gasteiger partial charge in [-0.1, -0.05) is 36.4 Å². The summed E-state index contributed by atoms with van der Waals surface area (Å²) in [5, 5.41) is 11.7. The van der Waals surface area contributed by atoms with Gasteiger partial charge in [-0.05, 0) is 43.0 Å². The van der Waals surface area contributed by atoms with Gasteiger partial charge in [-0.15, -0.1) is 0 Å². The number of aliphatic hydroxyl groups excluding tert-OH is 1. The van der Waals surface area contributed by atoms with Crippen molar-refractivity contribution in [3.63, 3.8) is 0 Å². The van der Waals surface area contributed by atoms with Gasteiger partial charge in [-0.25, -0.2) is 0 Å². The van der Waals surface area contributed by atoms with Crippen molar-refractivity contribution < 1.29 is 9.90 Å². The highest BCUT2D eigenvalue weighted by Crippen LogP contribution is 2.26. The lowest BCUT2D eigenvalue weighted by Crippen LogP contribution is -2.37.